The second-order valence-corrected chi connectivity index (χ2v) is 6.27. The van der Waals surface area contributed by atoms with Crippen LogP contribution in [0, 0.1) is 5.92 Å². The van der Waals surface area contributed by atoms with Gasteiger partial charge in [0.25, 0.3) is 0 Å². The van der Waals surface area contributed by atoms with Crippen molar-refractivity contribution < 1.29 is 14.7 Å². The molecule has 1 fully saturated rings. The minimum absolute atomic E-state index is 0.0363. The average Bonchev–Trinajstić information content (AvgIpc) is 2.46. The highest BCUT2D eigenvalue weighted by Crippen LogP contribution is 2.21. The Morgan fingerprint density at radius 2 is 2.05 bits per heavy atom. The van der Waals surface area contributed by atoms with E-state index in [0.29, 0.717) is 5.92 Å². The summed E-state index contributed by atoms with van der Waals surface area (Å²) < 4.78 is 0. The Kier molecular flexibility index (Phi) is 5.47. The Hall–Kier alpha value is -1.49. The lowest BCUT2D eigenvalue weighted by atomic mass is 10.0. The van der Waals surface area contributed by atoms with Gasteiger partial charge in [-0.1, -0.05) is 12.1 Å². The van der Waals surface area contributed by atoms with Crippen LogP contribution in [0.3, 0.4) is 0 Å². The van der Waals surface area contributed by atoms with Crippen LogP contribution in [0.25, 0.3) is 0 Å². The highest BCUT2D eigenvalue weighted by Gasteiger charge is 2.14. The van der Waals surface area contributed by atoms with E-state index in [0.717, 1.165) is 12.1 Å². The van der Waals surface area contributed by atoms with Gasteiger partial charge in [-0.2, -0.15) is 11.8 Å². The summed E-state index contributed by atoms with van der Waals surface area (Å²) in [7, 11) is 0. The number of carboxylic acid groups (broad SMARTS) is 1. The molecule has 1 aliphatic heterocycles. The van der Waals surface area contributed by atoms with E-state index in [1.807, 2.05) is 11.8 Å². The first-order chi connectivity index (χ1) is 9.65. The summed E-state index contributed by atoms with van der Waals surface area (Å²) in [6, 6.07) is 6.54. The normalized spacial score (nSPS) is 15.8. The van der Waals surface area contributed by atoms with Gasteiger partial charge < -0.3 is 10.4 Å². The molecular weight excluding hydrogens is 274 g/mol. The van der Waals surface area contributed by atoms with Gasteiger partial charge in [-0.3, -0.25) is 4.79 Å². The molecule has 1 aromatic rings. The number of carbonyl (C=O) groups excluding carboxylic acids is 1. The minimum atomic E-state index is -0.966. The molecule has 0 aliphatic carbocycles. The van der Waals surface area contributed by atoms with E-state index < -0.39 is 5.97 Å². The van der Waals surface area contributed by atoms with Crippen LogP contribution in [0.15, 0.2) is 24.3 Å². The maximum atomic E-state index is 11.9. The van der Waals surface area contributed by atoms with E-state index in [2.05, 4.69) is 5.32 Å². The lowest BCUT2D eigenvalue weighted by Crippen LogP contribution is -2.32. The van der Waals surface area contributed by atoms with Crippen molar-refractivity contribution >= 4 is 23.6 Å². The average molecular weight is 293 g/mol. The SMILES string of the molecule is O=C(Cc1cccc(C(=O)O)c1)NCC1CCSCC1. The van der Waals surface area contributed by atoms with Crippen molar-refractivity contribution in [2.75, 3.05) is 18.1 Å². The van der Waals surface area contributed by atoms with Gasteiger partial charge in [-0.05, 0) is 48.0 Å². The first-order valence-corrected chi connectivity index (χ1v) is 7.97. The Morgan fingerprint density at radius 1 is 1.30 bits per heavy atom. The summed E-state index contributed by atoms with van der Waals surface area (Å²) in [6.07, 6.45) is 2.57. The highest BCUT2D eigenvalue weighted by atomic mass is 32.2. The van der Waals surface area contributed by atoms with Crippen molar-refractivity contribution in [3.05, 3.63) is 35.4 Å². The highest BCUT2D eigenvalue weighted by molar-refractivity contribution is 7.99. The number of benzene rings is 1. The van der Waals surface area contributed by atoms with Gasteiger partial charge in [0.15, 0.2) is 0 Å². The number of aromatic carboxylic acids is 1. The number of amides is 1. The molecular formula is C15H19NO3S. The van der Waals surface area contributed by atoms with Crippen LogP contribution >= 0.6 is 11.8 Å². The second-order valence-electron chi connectivity index (χ2n) is 5.04. The molecule has 0 atom stereocenters. The maximum absolute atomic E-state index is 11.9. The zero-order chi connectivity index (χ0) is 14.4. The van der Waals surface area contributed by atoms with Gasteiger partial charge in [0.1, 0.15) is 0 Å². The van der Waals surface area contributed by atoms with E-state index in [1.165, 1.54) is 30.4 Å². The Balaban J connectivity index is 1.81. The largest absolute Gasteiger partial charge is 0.478 e. The summed E-state index contributed by atoms with van der Waals surface area (Å²) in [5.74, 6) is 1.95. The third-order valence-electron chi connectivity index (χ3n) is 3.47. The fraction of sp³-hybridized carbons (Fsp3) is 0.467. The number of rotatable bonds is 5. The molecule has 0 aromatic heterocycles. The summed E-state index contributed by atoms with van der Waals surface area (Å²) in [5, 5.41) is 11.9. The first kappa shape index (κ1) is 14.9. The molecule has 0 bridgehead atoms. The molecule has 0 radical (unpaired) electrons. The number of carbonyl (C=O) groups is 2. The third-order valence-corrected chi connectivity index (χ3v) is 4.52. The molecule has 20 heavy (non-hydrogen) atoms. The molecule has 2 rings (SSSR count). The Labute approximate surface area is 123 Å². The molecule has 108 valence electrons. The van der Waals surface area contributed by atoms with Crippen molar-refractivity contribution in [2.24, 2.45) is 5.92 Å². The van der Waals surface area contributed by atoms with Crippen LogP contribution in [0.5, 0.6) is 0 Å². The van der Waals surface area contributed by atoms with Crippen molar-refractivity contribution in [3.8, 4) is 0 Å². The number of hydrogen-bond acceptors (Lipinski definition) is 3. The van der Waals surface area contributed by atoms with Gasteiger partial charge in [0.2, 0.25) is 5.91 Å². The van der Waals surface area contributed by atoms with E-state index in [9.17, 15) is 9.59 Å². The van der Waals surface area contributed by atoms with Crippen LogP contribution < -0.4 is 5.32 Å². The van der Waals surface area contributed by atoms with Crippen LogP contribution in [0.1, 0.15) is 28.8 Å². The zero-order valence-corrected chi connectivity index (χ0v) is 12.1. The van der Waals surface area contributed by atoms with Crippen molar-refractivity contribution in [1.82, 2.24) is 5.32 Å². The van der Waals surface area contributed by atoms with Gasteiger partial charge >= 0.3 is 5.97 Å². The van der Waals surface area contributed by atoms with Gasteiger partial charge in [0, 0.05) is 6.54 Å². The van der Waals surface area contributed by atoms with E-state index in [-0.39, 0.29) is 17.9 Å². The van der Waals surface area contributed by atoms with E-state index in [1.54, 1.807) is 18.2 Å². The van der Waals surface area contributed by atoms with Gasteiger partial charge in [0.05, 0.1) is 12.0 Å². The third kappa shape index (κ3) is 4.56. The van der Waals surface area contributed by atoms with Crippen LogP contribution in [-0.2, 0) is 11.2 Å². The second kappa shape index (κ2) is 7.33. The number of thioether (sulfide) groups is 1. The fourth-order valence-electron chi connectivity index (χ4n) is 2.27. The summed E-state index contributed by atoms with van der Waals surface area (Å²) in [6.45, 7) is 0.734. The lowest BCUT2D eigenvalue weighted by Gasteiger charge is -2.21. The fourth-order valence-corrected chi connectivity index (χ4v) is 3.48. The Bertz CT molecular complexity index is 484. The molecule has 1 heterocycles. The summed E-state index contributed by atoms with van der Waals surface area (Å²) >= 11 is 1.97. The molecule has 1 aliphatic rings. The van der Waals surface area contributed by atoms with Crippen LogP contribution in [0.4, 0.5) is 0 Å². The van der Waals surface area contributed by atoms with Crippen LogP contribution in [0.2, 0.25) is 0 Å². The number of hydrogen-bond donors (Lipinski definition) is 2. The molecule has 0 unspecified atom stereocenters. The smallest absolute Gasteiger partial charge is 0.335 e. The van der Waals surface area contributed by atoms with Crippen molar-refractivity contribution in [3.63, 3.8) is 0 Å². The topological polar surface area (TPSA) is 66.4 Å². The monoisotopic (exact) mass is 293 g/mol. The minimum Gasteiger partial charge on any atom is -0.478 e. The zero-order valence-electron chi connectivity index (χ0n) is 11.3. The molecule has 5 heteroatoms. The van der Waals surface area contributed by atoms with Gasteiger partial charge in [-0.25, -0.2) is 4.79 Å². The maximum Gasteiger partial charge on any atom is 0.335 e. The molecule has 4 nitrogen and oxygen atoms in total. The molecule has 1 saturated heterocycles. The molecule has 2 N–H and O–H groups in total. The quantitative estimate of drug-likeness (QED) is 0.873. The van der Waals surface area contributed by atoms with E-state index in [4.69, 9.17) is 5.11 Å². The first-order valence-electron chi connectivity index (χ1n) is 6.82. The summed E-state index contributed by atoms with van der Waals surface area (Å²) in [4.78, 5) is 22.7. The number of carboxylic acids is 1. The predicted octanol–water partition coefficient (Wildman–Crippen LogP) is 2.19. The van der Waals surface area contributed by atoms with Crippen molar-refractivity contribution in [2.45, 2.75) is 19.3 Å². The number of nitrogens with one attached hydrogen (secondary N) is 1. The Morgan fingerprint density at radius 3 is 2.75 bits per heavy atom. The molecule has 0 spiro atoms. The van der Waals surface area contributed by atoms with Gasteiger partial charge in [-0.15, -0.1) is 0 Å². The molecule has 1 aromatic carbocycles. The van der Waals surface area contributed by atoms with Crippen molar-refractivity contribution in [1.29, 1.82) is 0 Å². The lowest BCUT2D eigenvalue weighted by molar-refractivity contribution is -0.120. The predicted molar refractivity (Wildman–Crippen MR) is 80.2 cm³/mol. The van der Waals surface area contributed by atoms with E-state index >= 15 is 0 Å². The standard InChI is InChI=1S/C15H19NO3S/c17-14(16-10-11-4-6-20-7-5-11)9-12-2-1-3-13(8-12)15(18)19/h1-3,8,11H,4-7,9-10H2,(H,16,17)(H,18,19). The summed E-state index contributed by atoms with van der Waals surface area (Å²) in [5.41, 5.74) is 0.959. The molecule has 1 amide bonds. The molecule has 0 saturated carbocycles. The van der Waals surface area contributed by atoms with Crippen LogP contribution in [-0.4, -0.2) is 35.0 Å².